The molecule has 3 amide bonds. The molecule has 140 valence electrons. The minimum atomic E-state index is -0.222. The Morgan fingerprint density at radius 2 is 1.77 bits per heavy atom. The molecule has 1 aromatic carbocycles. The molecule has 2 aliphatic heterocycles. The topological polar surface area (TPSA) is 69.7 Å². The fraction of sp³-hybridized carbons (Fsp3) is 0.550. The third-order valence-corrected chi connectivity index (χ3v) is 5.31. The molecular formula is C20H27N3O3. The molecule has 26 heavy (non-hydrogen) atoms. The molecule has 1 aromatic rings. The van der Waals surface area contributed by atoms with Gasteiger partial charge in [-0.2, -0.15) is 0 Å². The largest absolute Gasteiger partial charge is 0.349 e. The van der Waals surface area contributed by atoms with Gasteiger partial charge >= 0.3 is 0 Å². The smallest absolute Gasteiger partial charge is 0.251 e. The molecule has 2 fully saturated rings. The number of likely N-dealkylation sites (tertiary alicyclic amines) is 2. The van der Waals surface area contributed by atoms with Crippen LogP contribution in [0.3, 0.4) is 0 Å². The van der Waals surface area contributed by atoms with Crippen molar-refractivity contribution in [2.24, 2.45) is 5.92 Å². The average molecular weight is 357 g/mol. The Hall–Kier alpha value is -2.37. The number of carbonyl (C=O) groups is 3. The number of nitrogens with one attached hydrogen (secondary N) is 1. The number of rotatable bonds is 4. The van der Waals surface area contributed by atoms with Gasteiger partial charge in [-0.15, -0.1) is 0 Å². The van der Waals surface area contributed by atoms with Crippen molar-refractivity contribution < 1.29 is 14.4 Å². The minimum Gasteiger partial charge on any atom is -0.349 e. The fourth-order valence-electron chi connectivity index (χ4n) is 3.76. The van der Waals surface area contributed by atoms with Crippen LogP contribution in [0.4, 0.5) is 0 Å². The first-order valence-electron chi connectivity index (χ1n) is 9.40. The van der Waals surface area contributed by atoms with E-state index < -0.39 is 0 Å². The Bertz CT molecular complexity index is 666. The van der Waals surface area contributed by atoms with Gasteiger partial charge in [0.25, 0.3) is 5.91 Å². The lowest BCUT2D eigenvalue weighted by molar-refractivity contribution is -0.136. The summed E-state index contributed by atoms with van der Waals surface area (Å²) in [4.78, 5) is 40.6. The lowest BCUT2D eigenvalue weighted by atomic mass is 10.0. The molecule has 6 nitrogen and oxygen atoms in total. The van der Waals surface area contributed by atoms with Crippen molar-refractivity contribution in [3.8, 4) is 0 Å². The van der Waals surface area contributed by atoms with Gasteiger partial charge in [-0.25, -0.2) is 0 Å². The van der Waals surface area contributed by atoms with Crippen molar-refractivity contribution in [2.75, 3.05) is 19.6 Å². The van der Waals surface area contributed by atoms with Gasteiger partial charge < -0.3 is 15.1 Å². The Morgan fingerprint density at radius 1 is 1.12 bits per heavy atom. The zero-order chi connectivity index (χ0) is 18.7. The number of carbonyl (C=O) groups excluding carboxylic acids is 3. The SMILES string of the molecule is CC(C)N1CC(C(=O)N2CCC(NC(=O)c3ccccc3)CC2)CC1=O. The number of piperidine rings is 1. The Kier molecular flexibility index (Phi) is 5.59. The van der Waals surface area contributed by atoms with Gasteiger partial charge in [0, 0.05) is 43.7 Å². The zero-order valence-corrected chi connectivity index (χ0v) is 15.5. The van der Waals surface area contributed by atoms with Gasteiger partial charge in [0.15, 0.2) is 0 Å². The van der Waals surface area contributed by atoms with Crippen LogP contribution in [0.1, 0.15) is 43.5 Å². The van der Waals surface area contributed by atoms with E-state index in [-0.39, 0.29) is 35.7 Å². The lowest BCUT2D eigenvalue weighted by Crippen LogP contribution is -2.48. The lowest BCUT2D eigenvalue weighted by Gasteiger charge is -2.34. The monoisotopic (exact) mass is 357 g/mol. The second-order valence-electron chi connectivity index (χ2n) is 7.48. The summed E-state index contributed by atoms with van der Waals surface area (Å²) in [6, 6.07) is 9.40. The molecule has 1 atom stereocenters. The van der Waals surface area contributed by atoms with Crippen LogP contribution in [0.5, 0.6) is 0 Å². The van der Waals surface area contributed by atoms with Gasteiger partial charge in [-0.05, 0) is 38.8 Å². The highest BCUT2D eigenvalue weighted by atomic mass is 16.2. The van der Waals surface area contributed by atoms with Gasteiger partial charge in [-0.3, -0.25) is 14.4 Å². The van der Waals surface area contributed by atoms with Crippen LogP contribution in [0.25, 0.3) is 0 Å². The predicted octanol–water partition coefficient (Wildman–Crippen LogP) is 1.66. The number of amides is 3. The maximum absolute atomic E-state index is 12.7. The van der Waals surface area contributed by atoms with Crippen molar-refractivity contribution in [1.29, 1.82) is 0 Å². The first-order valence-corrected chi connectivity index (χ1v) is 9.40. The quantitative estimate of drug-likeness (QED) is 0.891. The molecule has 1 unspecified atom stereocenters. The normalized spacial score (nSPS) is 21.3. The second kappa shape index (κ2) is 7.89. The van der Waals surface area contributed by atoms with E-state index in [0.717, 1.165) is 12.8 Å². The summed E-state index contributed by atoms with van der Waals surface area (Å²) in [5.41, 5.74) is 0.657. The first-order chi connectivity index (χ1) is 12.5. The molecule has 6 heteroatoms. The fourth-order valence-corrected chi connectivity index (χ4v) is 3.76. The summed E-state index contributed by atoms with van der Waals surface area (Å²) < 4.78 is 0. The van der Waals surface area contributed by atoms with E-state index in [2.05, 4.69) is 5.32 Å². The summed E-state index contributed by atoms with van der Waals surface area (Å²) in [5, 5.41) is 3.05. The third kappa shape index (κ3) is 4.06. The van der Waals surface area contributed by atoms with Crippen LogP contribution in [0, 0.1) is 5.92 Å². The number of hydrogen-bond donors (Lipinski definition) is 1. The van der Waals surface area contributed by atoms with Crippen LogP contribution in [-0.4, -0.2) is 59.2 Å². The first kappa shape index (κ1) is 18.4. The molecule has 3 rings (SSSR count). The van der Waals surface area contributed by atoms with Crippen LogP contribution in [0.2, 0.25) is 0 Å². The molecule has 0 spiro atoms. The molecule has 1 N–H and O–H groups in total. The Morgan fingerprint density at radius 3 is 2.35 bits per heavy atom. The predicted molar refractivity (Wildman–Crippen MR) is 98.5 cm³/mol. The molecule has 2 aliphatic rings. The van der Waals surface area contributed by atoms with Crippen molar-refractivity contribution in [3.05, 3.63) is 35.9 Å². The van der Waals surface area contributed by atoms with Crippen molar-refractivity contribution in [1.82, 2.24) is 15.1 Å². The van der Waals surface area contributed by atoms with Crippen molar-refractivity contribution >= 4 is 17.7 Å². The van der Waals surface area contributed by atoms with E-state index in [1.165, 1.54) is 0 Å². The van der Waals surface area contributed by atoms with E-state index in [1.54, 1.807) is 17.0 Å². The summed E-state index contributed by atoms with van der Waals surface area (Å²) in [7, 11) is 0. The molecule has 0 bridgehead atoms. The molecule has 2 saturated heterocycles. The van der Waals surface area contributed by atoms with Crippen LogP contribution in [-0.2, 0) is 9.59 Å². The highest BCUT2D eigenvalue weighted by molar-refractivity contribution is 5.94. The molecular weight excluding hydrogens is 330 g/mol. The van der Waals surface area contributed by atoms with Gasteiger partial charge in [0.1, 0.15) is 0 Å². The van der Waals surface area contributed by atoms with Crippen molar-refractivity contribution in [2.45, 2.75) is 45.2 Å². The second-order valence-corrected chi connectivity index (χ2v) is 7.48. The van der Waals surface area contributed by atoms with E-state index >= 15 is 0 Å². The van der Waals surface area contributed by atoms with E-state index in [4.69, 9.17) is 0 Å². The number of benzene rings is 1. The zero-order valence-electron chi connectivity index (χ0n) is 15.5. The van der Waals surface area contributed by atoms with Crippen LogP contribution in [0.15, 0.2) is 30.3 Å². The maximum Gasteiger partial charge on any atom is 0.251 e. The van der Waals surface area contributed by atoms with Crippen molar-refractivity contribution in [3.63, 3.8) is 0 Å². The molecule has 0 radical (unpaired) electrons. The summed E-state index contributed by atoms with van der Waals surface area (Å²) in [5.74, 6) is -0.137. The highest BCUT2D eigenvalue weighted by Crippen LogP contribution is 2.24. The third-order valence-electron chi connectivity index (χ3n) is 5.31. The molecule has 0 aliphatic carbocycles. The minimum absolute atomic E-state index is 0.0654. The van der Waals surface area contributed by atoms with Gasteiger partial charge in [0.2, 0.25) is 11.8 Å². The van der Waals surface area contributed by atoms with E-state index in [9.17, 15) is 14.4 Å². The summed E-state index contributed by atoms with van der Waals surface area (Å²) in [6.45, 7) is 5.74. The van der Waals surface area contributed by atoms with Gasteiger partial charge in [-0.1, -0.05) is 18.2 Å². The molecule has 0 saturated carbocycles. The van der Waals surface area contributed by atoms with E-state index in [0.29, 0.717) is 31.6 Å². The summed E-state index contributed by atoms with van der Waals surface area (Å²) in [6.07, 6.45) is 1.82. The van der Waals surface area contributed by atoms with E-state index in [1.807, 2.05) is 36.9 Å². The average Bonchev–Trinajstić information content (AvgIpc) is 3.04. The number of hydrogen-bond acceptors (Lipinski definition) is 3. The van der Waals surface area contributed by atoms with Crippen LogP contribution < -0.4 is 5.32 Å². The van der Waals surface area contributed by atoms with Gasteiger partial charge in [0.05, 0.1) is 5.92 Å². The van der Waals surface area contributed by atoms with Crippen LogP contribution >= 0.6 is 0 Å². The highest BCUT2D eigenvalue weighted by Gasteiger charge is 2.38. The Balaban J connectivity index is 1.48. The number of nitrogens with zero attached hydrogens (tertiary/aromatic N) is 2. The maximum atomic E-state index is 12.7. The standard InChI is InChI=1S/C20H27N3O3/c1-14(2)23-13-16(12-18(23)24)20(26)22-10-8-17(9-11-22)21-19(25)15-6-4-3-5-7-15/h3-7,14,16-17H,8-13H2,1-2H3,(H,21,25). The Labute approximate surface area is 154 Å². The molecule has 2 heterocycles. The molecule has 0 aromatic heterocycles. The summed E-state index contributed by atoms with van der Waals surface area (Å²) >= 11 is 0.